The van der Waals surface area contributed by atoms with Gasteiger partial charge >= 0.3 is 0 Å². The Morgan fingerprint density at radius 1 is 1.19 bits per heavy atom. The summed E-state index contributed by atoms with van der Waals surface area (Å²) in [6.07, 6.45) is 6.25. The summed E-state index contributed by atoms with van der Waals surface area (Å²) in [5, 5.41) is 3.53. The molecule has 4 heteroatoms. The molecule has 0 aliphatic rings. The normalized spacial score (nSPS) is 12.3. The number of nitrogens with two attached hydrogens (primary N) is 1. The standard InChI is InChI=1S/C17H22FN3/c1-2-8-21-16(10-13-3-5-15(18)6-4-13)11-14-12-20-9-7-17(14)19/h3-7,9,12,16,21H,2,8,10-11H2,1H3,(H2,19,20). The minimum atomic E-state index is -0.201. The van der Waals surface area contributed by atoms with Crippen LogP contribution in [0.15, 0.2) is 42.7 Å². The SMILES string of the molecule is CCCNC(Cc1ccc(F)cc1)Cc1cnccc1N. The van der Waals surface area contributed by atoms with E-state index in [9.17, 15) is 4.39 Å². The molecule has 21 heavy (non-hydrogen) atoms. The van der Waals surface area contributed by atoms with Crippen LogP contribution in [0.1, 0.15) is 24.5 Å². The van der Waals surface area contributed by atoms with E-state index in [1.807, 2.05) is 24.4 Å². The van der Waals surface area contributed by atoms with E-state index < -0.39 is 0 Å². The number of nitrogens with one attached hydrogen (secondary N) is 1. The highest BCUT2D eigenvalue weighted by atomic mass is 19.1. The smallest absolute Gasteiger partial charge is 0.123 e. The number of hydrogen-bond donors (Lipinski definition) is 2. The maximum atomic E-state index is 13.0. The minimum absolute atomic E-state index is 0.201. The topological polar surface area (TPSA) is 50.9 Å². The molecule has 1 aromatic carbocycles. The van der Waals surface area contributed by atoms with Gasteiger partial charge in [0.1, 0.15) is 5.82 Å². The zero-order chi connectivity index (χ0) is 15.1. The molecule has 0 radical (unpaired) electrons. The van der Waals surface area contributed by atoms with Gasteiger partial charge in [-0.1, -0.05) is 19.1 Å². The van der Waals surface area contributed by atoms with Crippen LogP contribution in [0.25, 0.3) is 0 Å². The zero-order valence-corrected chi connectivity index (χ0v) is 12.3. The van der Waals surface area contributed by atoms with Crippen LogP contribution in [-0.2, 0) is 12.8 Å². The molecule has 0 amide bonds. The van der Waals surface area contributed by atoms with E-state index in [2.05, 4.69) is 17.2 Å². The third-order valence-electron chi connectivity index (χ3n) is 3.49. The van der Waals surface area contributed by atoms with Crippen LogP contribution >= 0.6 is 0 Å². The average Bonchev–Trinajstić information content (AvgIpc) is 2.49. The molecule has 1 atom stereocenters. The Labute approximate surface area is 125 Å². The molecule has 0 fully saturated rings. The Bertz CT molecular complexity index is 554. The van der Waals surface area contributed by atoms with Gasteiger partial charge in [0.05, 0.1) is 0 Å². The molecule has 3 N–H and O–H groups in total. The number of halogens is 1. The lowest BCUT2D eigenvalue weighted by atomic mass is 9.99. The van der Waals surface area contributed by atoms with Crippen LogP contribution in [0.4, 0.5) is 10.1 Å². The number of nitrogens with zero attached hydrogens (tertiary/aromatic N) is 1. The molecule has 0 saturated heterocycles. The second-order valence-corrected chi connectivity index (χ2v) is 5.26. The molecule has 0 aliphatic carbocycles. The summed E-state index contributed by atoms with van der Waals surface area (Å²) in [5.41, 5.74) is 8.93. The van der Waals surface area contributed by atoms with Crippen LogP contribution in [0.2, 0.25) is 0 Å². The van der Waals surface area contributed by atoms with Gasteiger partial charge in [-0.25, -0.2) is 4.39 Å². The Morgan fingerprint density at radius 2 is 1.95 bits per heavy atom. The van der Waals surface area contributed by atoms with Crippen molar-refractivity contribution in [1.29, 1.82) is 0 Å². The monoisotopic (exact) mass is 287 g/mol. The highest BCUT2D eigenvalue weighted by Crippen LogP contribution is 2.14. The molecule has 0 spiro atoms. The van der Waals surface area contributed by atoms with Gasteiger partial charge in [0.15, 0.2) is 0 Å². The summed E-state index contributed by atoms with van der Waals surface area (Å²) >= 11 is 0. The summed E-state index contributed by atoms with van der Waals surface area (Å²) in [5.74, 6) is -0.201. The maximum Gasteiger partial charge on any atom is 0.123 e. The minimum Gasteiger partial charge on any atom is -0.398 e. The molecule has 0 bridgehead atoms. The highest BCUT2D eigenvalue weighted by Gasteiger charge is 2.12. The van der Waals surface area contributed by atoms with Crippen LogP contribution in [0, 0.1) is 5.82 Å². The first-order valence-corrected chi connectivity index (χ1v) is 7.35. The third kappa shape index (κ3) is 4.83. The number of pyridine rings is 1. The number of hydrogen-bond acceptors (Lipinski definition) is 3. The van der Waals surface area contributed by atoms with E-state index in [1.54, 1.807) is 6.20 Å². The van der Waals surface area contributed by atoms with Crippen molar-refractivity contribution in [2.24, 2.45) is 0 Å². The van der Waals surface area contributed by atoms with Gasteiger partial charge in [-0.3, -0.25) is 4.98 Å². The molecule has 2 rings (SSSR count). The first kappa shape index (κ1) is 15.4. The summed E-state index contributed by atoms with van der Waals surface area (Å²) < 4.78 is 13.0. The summed E-state index contributed by atoms with van der Waals surface area (Å²) in [6.45, 7) is 3.09. The molecular formula is C17H22FN3. The predicted octanol–water partition coefficient (Wildman–Crippen LogP) is 2.96. The van der Waals surface area contributed by atoms with Crippen LogP contribution in [0.5, 0.6) is 0 Å². The van der Waals surface area contributed by atoms with Crippen LogP contribution in [0.3, 0.4) is 0 Å². The van der Waals surface area contributed by atoms with Gasteiger partial charge in [0.2, 0.25) is 0 Å². The lowest BCUT2D eigenvalue weighted by molar-refractivity contribution is 0.504. The first-order chi connectivity index (χ1) is 10.2. The first-order valence-electron chi connectivity index (χ1n) is 7.35. The Morgan fingerprint density at radius 3 is 2.62 bits per heavy atom. The van der Waals surface area contributed by atoms with Gasteiger partial charge in [-0.2, -0.15) is 0 Å². The summed E-state index contributed by atoms with van der Waals surface area (Å²) in [7, 11) is 0. The number of rotatable bonds is 7. The van der Waals surface area contributed by atoms with Crippen molar-refractivity contribution in [1.82, 2.24) is 10.3 Å². The Hall–Kier alpha value is -1.94. The van der Waals surface area contributed by atoms with E-state index in [0.29, 0.717) is 0 Å². The van der Waals surface area contributed by atoms with Crippen molar-refractivity contribution in [3.8, 4) is 0 Å². The van der Waals surface area contributed by atoms with Crippen LogP contribution in [-0.4, -0.2) is 17.6 Å². The second kappa shape index (κ2) is 7.74. The van der Waals surface area contributed by atoms with Crippen LogP contribution < -0.4 is 11.1 Å². The van der Waals surface area contributed by atoms with E-state index in [0.717, 1.165) is 42.6 Å². The van der Waals surface area contributed by atoms with E-state index in [4.69, 9.17) is 5.73 Å². The molecule has 0 aliphatic heterocycles. The fraction of sp³-hybridized carbons (Fsp3) is 0.353. The lowest BCUT2D eigenvalue weighted by Crippen LogP contribution is -2.34. The Balaban J connectivity index is 2.07. The molecule has 3 nitrogen and oxygen atoms in total. The zero-order valence-electron chi connectivity index (χ0n) is 12.3. The molecule has 112 valence electrons. The molecule has 1 unspecified atom stereocenters. The number of anilines is 1. The van der Waals surface area contributed by atoms with Crippen molar-refractivity contribution >= 4 is 5.69 Å². The lowest BCUT2D eigenvalue weighted by Gasteiger charge is -2.19. The fourth-order valence-electron chi connectivity index (χ4n) is 2.34. The van der Waals surface area contributed by atoms with Gasteiger partial charge < -0.3 is 11.1 Å². The van der Waals surface area contributed by atoms with Crippen molar-refractivity contribution in [2.45, 2.75) is 32.2 Å². The molecule has 0 saturated carbocycles. The summed E-state index contributed by atoms with van der Waals surface area (Å²) in [6, 6.07) is 8.77. The number of nitrogen functional groups attached to an aromatic ring is 1. The molecule has 1 aromatic heterocycles. The van der Waals surface area contributed by atoms with Gasteiger partial charge in [-0.05, 0) is 55.1 Å². The average molecular weight is 287 g/mol. The largest absolute Gasteiger partial charge is 0.398 e. The number of benzene rings is 1. The van der Waals surface area contributed by atoms with Crippen molar-refractivity contribution in [3.63, 3.8) is 0 Å². The van der Waals surface area contributed by atoms with Gasteiger partial charge in [-0.15, -0.1) is 0 Å². The van der Waals surface area contributed by atoms with Crippen molar-refractivity contribution < 1.29 is 4.39 Å². The van der Waals surface area contributed by atoms with E-state index >= 15 is 0 Å². The molecular weight excluding hydrogens is 265 g/mol. The summed E-state index contributed by atoms with van der Waals surface area (Å²) in [4.78, 5) is 4.14. The third-order valence-corrected chi connectivity index (χ3v) is 3.49. The maximum absolute atomic E-state index is 13.0. The van der Waals surface area contributed by atoms with E-state index in [1.165, 1.54) is 12.1 Å². The Kier molecular flexibility index (Phi) is 5.69. The van der Waals surface area contributed by atoms with Crippen molar-refractivity contribution in [3.05, 3.63) is 59.7 Å². The second-order valence-electron chi connectivity index (χ2n) is 5.26. The van der Waals surface area contributed by atoms with Gasteiger partial charge in [0.25, 0.3) is 0 Å². The fourth-order valence-corrected chi connectivity index (χ4v) is 2.34. The van der Waals surface area contributed by atoms with Gasteiger partial charge in [0, 0.05) is 24.1 Å². The molecule has 1 heterocycles. The molecule has 2 aromatic rings. The van der Waals surface area contributed by atoms with Crippen molar-refractivity contribution in [2.75, 3.05) is 12.3 Å². The highest BCUT2D eigenvalue weighted by molar-refractivity contribution is 5.44. The predicted molar refractivity (Wildman–Crippen MR) is 84.5 cm³/mol. The number of aromatic nitrogens is 1. The quantitative estimate of drug-likeness (QED) is 0.823. The van der Waals surface area contributed by atoms with E-state index in [-0.39, 0.29) is 11.9 Å².